The maximum atomic E-state index is 12.0. The largest absolute Gasteiger partial charge is 0.461 e. The molecule has 4 nitrogen and oxygen atoms in total. The Labute approximate surface area is 246 Å². The molecule has 0 aromatic heterocycles. The summed E-state index contributed by atoms with van der Waals surface area (Å²) in [6.07, 6.45) is 23.4. The molecule has 0 aliphatic carbocycles. The number of hydrogen-bond acceptors (Lipinski definition) is 4. The van der Waals surface area contributed by atoms with Crippen LogP contribution in [-0.4, -0.2) is 25.2 Å². The van der Waals surface area contributed by atoms with Crippen molar-refractivity contribution in [1.29, 1.82) is 0 Å². The molecule has 0 bridgehead atoms. The Balaban J connectivity index is 3.95. The number of unbranched alkanes of at least 4 members (excludes halogenated alkanes) is 1. The molecule has 0 unspecified atom stereocenters. The van der Waals surface area contributed by atoms with E-state index in [0.717, 1.165) is 51.4 Å². The summed E-state index contributed by atoms with van der Waals surface area (Å²) in [5.41, 5.74) is 8.05. The van der Waals surface area contributed by atoms with Gasteiger partial charge in [0.2, 0.25) is 0 Å². The van der Waals surface area contributed by atoms with Gasteiger partial charge in [-0.3, -0.25) is 9.59 Å². The number of carbonyl (C=O) groups excluding carboxylic acids is 2. The Morgan fingerprint density at radius 1 is 0.425 bits per heavy atom. The van der Waals surface area contributed by atoms with Gasteiger partial charge >= 0.3 is 11.9 Å². The predicted molar refractivity (Wildman–Crippen MR) is 171 cm³/mol. The van der Waals surface area contributed by atoms with Gasteiger partial charge in [-0.25, -0.2) is 0 Å². The van der Waals surface area contributed by atoms with E-state index in [9.17, 15) is 9.59 Å². The second kappa shape index (κ2) is 24.2. The summed E-state index contributed by atoms with van der Waals surface area (Å²) < 4.78 is 10.6. The summed E-state index contributed by atoms with van der Waals surface area (Å²) >= 11 is 0. The van der Waals surface area contributed by atoms with Crippen molar-refractivity contribution in [3.8, 4) is 0 Å². The van der Waals surface area contributed by atoms with Gasteiger partial charge in [-0.05, 0) is 132 Å². The SMILES string of the molecule is CC(C)=CCC/C(C)=C/CC/C(C)=C/COC(=O)CCCCC(=O)OC/C=C(\C)CC/C=C(\C)CCC=C(C)C. The van der Waals surface area contributed by atoms with Crippen LogP contribution >= 0.6 is 0 Å². The van der Waals surface area contributed by atoms with Gasteiger partial charge in [-0.1, -0.05) is 57.7 Å². The molecule has 0 radical (unpaired) electrons. The van der Waals surface area contributed by atoms with Crippen LogP contribution in [0.1, 0.15) is 132 Å². The molecule has 0 heterocycles. The fourth-order valence-corrected chi connectivity index (χ4v) is 3.91. The fraction of sp³-hybridized carbons (Fsp3) is 0.611. The Morgan fingerprint density at radius 2 is 0.725 bits per heavy atom. The summed E-state index contributed by atoms with van der Waals surface area (Å²) in [7, 11) is 0. The Kier molecular flexibility index (Phi) is 22.6. The standard InChI is InChI=1S/C36H58O4/c1-29(2)15-11-17-31(5)19-13-21-33(7)25-27-39-35(37)23-9-10-24-36(38)40-28-26-34(8)22-14-20-32(6)18-12-16-30(3)4/h15-16,19-20,25-26H,9-14,17-18,21-24,27-28H2,1-8H3/b31-19+,32-20+,33-25+,34-26+. The third-order valence-corrected chi connectivity index (χ3v) is 6.61. The quantitative estimate of drug-likeness (QED) is 0.0804. The van der Waals surface area contributed by atoms with Crippen LogP contribution < -0.4 is 0 Å². The van der Waals surface area contributed by atoms with Crippen LogP contribution in [0.2, 0.25) is 0 Å². The molecule has 0 atom stereocenters. The lowest BCUT2D eigenvalue weighted by molar-refractivity contribution is -0.144. The average Bonchev–Trinajstić information content (AvgIpc) is 2.86. The van der Waals surface area contributed by atoms with Crippen molar-refractivity contribution in [2.45, 2.75) is 132 Å². The van der Waals surface area contributed by atoms with Crippen molar-refractivity contribution in [2.75, 3.05) is 13.2 Å². The molecule has 0 fully saturated rings. The zero-order valence-corrected chi connectivity index (χ0v) is 27.0. The normalized spacial score (nSPS) is 12.7. The monoisotopic (exact) mass is 554 g/mol. The number of carbonyl (C=O) groups is 2. The second-order valence-electron chi connectivity index (χ2n) is 11.5. The summed E-state index contributed by atoms with van der Waals surface area (Å²) in [6, 6.07) is 0. The molecular weight excluding hydrogens is 496 g/mol. The van der Waals surface area contributed by atoms with Crippen molar-refractivity contribution in [1.82, 2.24) is 0 Å². The van der Waals surface area contributed by atoms with Gasteiger partial charge in [0.25, 0.3) is 0 Å². The molecule has 0 aliphatic heterocycles. The molecular formula is C36H58O4. The lowest BCUT2D eigenvalue weighted by atomic mass is 10.1. The van der Waals surface area contributed by atoms with Crippen molar-refractivity contribution in [2.24, 2.45) is 0 Å². The number of rotatable bonds is 21. The molecule has 0 rings (SSSR count). The molecule has 226 valence electrons. The first-order valence-corrected chi connectivity index (χ1v) is 15.2. The zero-order valence-electron chi connectivity index (χ0n) is 27.0. The Hall–Kier alpha value is -2.62. The van der Waals surface area contributed by atoms with Crippen molar-refractivity contribution in [3.05, 3.63) is 69.9 Å². The molecule has 0 saturated heterocycles. The maximum absolute atomic E-state index is 12.0. The minimum absolute atomic E-state index is 0.216. The third kappa shape index (κ3) is 25.6. The first-order chi connectivity index (χ1) is 19.0. The molecule has 0 aromatic rings. The van der Waals surface area contributed by atoms with Crippen LogP contribution in [0.25, 0.3) is 0 Å². The summed E-state index contributed by atoms with van der Waals surface area (Å²) in [4.78, 5) is 24.0. The van der Waals surface area contributed by atoms with E-state index in [1.165, 1.54) is 33.4 Å². The molecule has 0 spiro atoms. The molecule has 0 N–H and O–H groups in total. The van der Waals surface area contributed by atoms with Gasteiger partial charge < -0.3 is 9.47 Å². The van der Waals surface area contributed by atoms with Gasteiger partial charge in [-0.15, -0.1) is 0 Å². The molecule has 0 aliphatic rings. The minimum atomic E-state index is -0.216. The summed E-state index contributed by atoms with van der Waals surface area (Å²) in [5, 5.41) is 0. The number of allylic oxidation sites excluding steroid dienone is 10. The van der Waals surface area contributed by atoms with Gasteiger partial charge in [0.15, 0.2) is 0 Å². The first-order valence-electron chi connectivity index (χ1n) is 15.2. The smallest absolute Gasteiger partial charge is 0.306 e. The molecule has 40 heavy (non-hydrogen) atoms. The van der Waals surface area contributed by atoms with E-state index in [1.54, 1.807) is 0 Å². The number of esters is 2. The highest BCUT2D eigenvalue weighted by molar-refractivity contribution is 5.70. The van der Waals surface area contributed by atoms with Crippen LogP contribution in [0.5, 0.6) is 0 Å². The van der Waals surface area contributed by atoms with Crippen LogP contribution in [-0.2, 0) is 19.1 Å². The van der Waals surface area contributed by atoms with Gasteiger partial charge in [0, 0.05) is 12.8 Å². The van der Waals surface area contributed by atoms with E-state index in [-0.39, 0.29) is 11.9 Å². The van der Waals surface area contributed by atoms with E-state index in [2.05, 4.69) is 79.7 Å². The van der Waals surface area contributed by atoms with Crippen LogP contribution in [0.15, 0.2) is 69.9 Å². The Morgan fingerprint density at radius 3 is 1.05 bits per heavy atom. The van der Waals surface area contributed by atoms with Gasteiger partial charge in [-0.2, -0.15) is 0 Å². The highest BCUT2D eigenvalue weighted by atomic mass is 16.5. The molecule has 4 heteroatoms. The van der Waals surface area contributed by atoms with Gasteiger partial charge in [0.05, 0.1) is 0 Å². The van der Waals surface area contributed by atoms with Crippen LogP contribution in [0.3, 0.4) is 0 Å². The number of hydrogen-bond donors (Lipinski definition) is 0. The fourth-order valence-electron chi connectivity index (χ4n) is 3.91. The first kappa shape index (κ1) is 37.4. The summed E-state index contributed by atoms with van der Waals surface area (Å²) in [6.45, 7) is 17.7. The van der Waals surface area contributed by atoms with E-state index in [4.69, 9.17) is 9.47 Å². The van der Waals surface area contributed by atoms with Crippen molar-refractivity contribution in [3.63, 3.8) is 0 Å². The minimum Gasteiger partial charge on any atom is -0.461 e. The average molecular weight is 555 g/mol. The predicted octanol–water partition coefficient (Wildman–Crippen LogP) is 10.5. The lowest BCUT2D eigenvalue weighted by Gasteiger charge is -2.05. The van der Waals surface area contributed by atoms with Crippen LogP contribution in [0.4, 0.5) is 0 Å². The van der Waals surface area contributed by atoms with E-state index < -0.39 is 0 Å². The van der Waals surface area contributed by atoms with E-state index >= 15 is 0 Å². The lowest BCUT2D eigenvalue weighted by Crippen LogP contribution is -2.07. The maximum Gasteiger partial charge on any atom is 0.306 e. The summed E-state index contributed by atoms with van der Waals surface area (Å²) in [5.74, 6) is -0.431. The Bertz CT molecular complexity index is 840. The third-order valence-electron chi connectivity index (χ3n) is 6.61. The van der Waals surface area contributed by atoms with Gasteiger partial charge in [0.1, 0.15) is 13.2 Å². The van der Waals surface area contributed by atoms with E-state index in [1.807, 2.05) is 12.2 Å². The topological polar surface area (TPSA) is 52.6 Å². The van der Waals surface area contributed by atoms with Crippen molar-refractivity contribution < 1.29 is 19.1 Å². The molecule has 0 aromatic carbocycles. The van der Waals surface area contributed by atoms with E-state index in [0.29, 0.717) is 38.9 Å². The second-order valence-corrected chi connectivity index (χ2v) is 11.5. The zero-order chi connectivity index (χ0) is 30.2. The number of ether oxygens (including phenoxy) is 2. The molecule has 0 saturated carbocycles. The molecule has 0 amide bonds. The van der Waals surface area contributed by atoms with Crippen molar-refractivity contribution >= 4 is 11.9 Å². The van der Waals surface area contributed by atoms with Crippen LogP contribution in [0, 0.1) is 0 Å². The highest BCUT2D eigenvalue weighted by Gasteiger charge is 2.06. The highest BCUT2D eigenvalue weighted by Crippen LogP contribution is 2.13.